The van der Waals surface area contributed by atoms with Crippen molar-refractivity contribution in [1.82, 2.24) is 14.8 Å². The number of hydrogen-bond donors (Lipinski definition) is 2. The first-order valence-corrected chi connectivity index (χ1v) is 10.3. The molecule has 3 aliphatic rings. The molecule has 1 spiro atoms. The second-order valence-corrected chi connectivity index (χ2v) is 8.52. The number of rotatable bonds is 2. The molecule has 0 atom stereocenters. The highest BCUT2D eigenvalue weighted by molar-refractivity contribution is 6.30. The molecule has 1 fully saturated rings. The molecule has 1 aromatic heterocycles. The zero-order chi connectivity index (χ0) is 21.2. The Labute approximate surface area is 176 Å². The summed E-state index contributed by atoms with van der Waals surface area (Å²) in [4.78, 5) is 40.4. The lowest BCUT2D eigenvalue weighted by Gasteiger charge is -2.31. The lowest BCUT2D eigenvalue weighted by atomic mass is 9.95. The number of nitrogens with zero attached hydrogens (tertiary/aromatic N) is 2. The number of benzene rings is 1. The van der Waals surface area contributed by atoms with Crippen LogP contribution in [0.25, 0.3) is 0 Å². The minimum Gasteiger partial charge on any atom is -0.502 e. The van der Waals surface area contributed by atoms with Crippen molar-refractivity contribution in [1.29, 1.82) is 0 Å². The largest absolute Gasteiger partial charge is 0.502 e. The average molecular weight is 432 g/mol. The summed E-state index contributed by atoms with van der Waals surface area (Å²) in [5, 5.41) is 13.6. The van der Waals surface area contributed by atoms with Crippen LogP contribution in [0.5, 0.6) is 5.75 Å². The Morgan fingerprint density at radius 3 is 2.63 bits per heavy atom. The van der Waals surface area contributed by atoms with E-state index in [2.05, 4.69) is 5.32 Å². The number of aromatic nitrogens is 1. The molecule has 2 aromatic rings. The van der Waals surface area contributed by atoms with Gasteiger partial charge in [-0.05, 0) is 49.8 Å². The number of fused-ring (bicyclic) bond motifs is 4. The molecule has 2 N–H and O–H groups in total. The Balaban J connectivity index is 1.58. The molecule has 0 radical (unpaired) electrons. The molecule has 1 aliphatic carbocycles. The van der Waals surface area contributed by atoms with Gasteiger partial charge in [0.25, 0.3) is 17.4 Å². The van der Waals surface area contributed by atoms with E-state index >= 15 is 0 Å². The second kappa shape index (κ2) is 6.57. The van der Waals surface area contributed by atoms with Crippen molar-refractivity contribution in [2.45, 2.75) is 44.3 Å². The molecule has 9 heteroatoms. The highest BCUT2D eigenvalue weighted by Gasteiger charge is 2.49. The van der Waals surface area contributed by atoms with Crippen LogP contribution in [0.3, 0.4) is 0 Å². The van der Waals surface area contributed by atoms with Crippen LogP contribution in [0.15, 0.2) is 23.0 Å². The van der Waals surface area contributed by atoms with Gasteiger partial charge in [-0.2, -0.15) is 0 Å². The topological polar surface area (TPSA) is 91.6 Å². The third kappa shape index (κ3) is 2.59. The van der Waals surface area contributed by atoms with E-state index in [4.69, 9.17) is 11.6 Å². The van der Waals surface area contributed by atoms with Crippen LogP contribution in [0.1, 0.15) is 57.7 Å². The zero-order valence-electron chi connectivity index (χ0n) is 16.0. The van der Waals surface area contributed by atoms with Crippen molar-refractivity contribution >= 4 is 23.4 Å². The summed E-state index contributed by atoms with van der Waals surface area (Å²) in [6.07, 6.45) is 3.31. The van der Waals surface area contributed by atoms with Gasteiger partial charge >= 0.3 is 0 Å². The van der Waals surface area contributed by atoms with E-state index in [-0.39, 0.29) is 28.7 Å². The normalized spacial score (nSPS) is 19.2. The molecule has 7 nitrogen and oxygen atoms in total. The van der Waals surface area contributed by atoms with E-state index in [1.165, 1.54) is 27.7 Å². The molecule has 3 heterocycles. The zero-order valence-corrected chi connectivity index (χ0v) is 16.8. The molecular weight excluding hydrogens is 413 g/mol. The maximum atomic E-state index is 13.4. The molecule has 30 heavy (non-hydrogen) atoms. The van der Waals surface area contributed by atoms with Gasteiger partial charge < -0.3 is 15.3 Å². The lowest BCUT2D eigenvalue weighted by Crippen LogP contribution is -2.46. The van der Waals surface area contributed by atoms with Gasteiger partial charge in [0.2, 0.25) is 0 Å². The number of carbonyl (C=O) groups is 2. The number of carbonyl (C=O) groups excluding carboxylic acids is 2. The third-order valence-electron chi connectivity index (χ3n) is 6.36. The molecule has 0 bridgehead atoms. The predicted octanol–water partition coefficient (Wildman–Crippen LogP) is 2.52. The Hall–Kier alpha value is -2.87. The molecule has 156 valence electrons. The molecule has 2 amide bonds. The van der Waals surface area contributed by atoms with Crippen molar-refractivity contribution < 1.29 is 19.1 Å². The summed E-state index contributed by atoms with van der Waals surface area (Å²) in [6, 6.07) is 4.19. The molecule has 0 saturated heterocycles. The Kier molecular flexibility index (Phi) is 4.18. The highest BCUT2D eigenvalue weighted by atomic mass is 35.5. The fourth-order valence-corrected chi connectivity index (χ4v) is 5.19. The van der Waals surface area contributed by atoms with Gasteiger partial charge in [-0.3, -0.25) is 19.0 Å². The first-order valence-electron chi connectivity index (χ1n) is 9.89. The van der Waals surface area contributed by atoms with Gasteiger partial charge in [0.15, 0.2) is 5.75 Å². The third-order valence-corrected chi connectivity index (χ3v) is 6.65. The summed E-state index contributed by atoms with van der Waals surface area (Å²) in [7, 11) is 0. The van der Waals surface area contributed by atoms with Crippen LogP contribution in [-0.2, 0) is 18.6 Å². The van der Waals surface area contributed by atoms with E-state index in [9.17, 15) is 23.9 Å². The van der Waals surface area contributed by atoms with E-state index in [1.807, 2.05) is 0 Å². The van der Waals surface area contributed by atoms with Crippen LogP contribution in [0.2, 0.25) is 5.02 Å². The summed E-state index contributed by atoms with van der Waals surface area (Å²) in [5.74, 6) is -2.08. The Morgan fingerprint density at radius 2 is 1.93 bits per heavy atom. The van der Waals surface area contributed by atoms with Crippen LogP contribution in [-0.4, -0.2) is 32.9 Å². The number of hydrogen-bond acceptors (Lipinski definition) is 4. The average Bonchev–Trinajstić information content (AvgIpc) is 3.29. The standard InChI is InChI=1S/C21H19ClFN3O4/c22-13-9-11(3-4-14(13)23)10-25-8-5-12-15(19(25)29)17(27)20(30)26-16(12)18(28)24-21(26)6-1-2-7-21/h3-4,9,27H,1-2,5-8,10H2,(H,24,28). The van der Waals surface area contributed by atoms with Crippen molar-refractivity contribution in [2.24, 2.45) is 0 Å². The van der Waals surface area contributed by atoms with Gasteiger partial charge in [0.1, 0.15) is 17.2 Å². The highest BCUT2D eigenvalue weighted by Crippen LogP contribution is 2.41. The van der Waals surface area contributed by atoms with E-state index in [1.54, 1.807) is 0 Å². The first kappa shape index (κ1) is 19.1. The lowest BCUT2D eigenvalue weighted by molar-refractivity contribution is 0.0721. The minimum absolute atomic E-state index is 0.0465. The predicted molar refractivity (Wildman–Crippen MR) is 106 cm³/mol. The minimum atomic E-state index is -0.805. The van der Waals surface area contributed by atoms with Gasteiger partial charge in [-0.25, -0.2) is 4.39 Å². The second-order valence-electron chi connectivity index (χ2n) is 8.11. The van der Waals surface area contributed by atoms with Crippen molar-refractivity contribution in [2.75, 3.05) is 6.54 Å². The molecular formula is C21H19ClFN3O4. The van der Waals surface area contributed by atoms with Crippen molar-refractivity contribution in [3.63, 3.8) is 0 Å². The van der Waals surface area contributed by atoms with E-state index in [0.29, 0.717) is 36.9 Å². The fourth-order valence-electron chi connectivity index (χ4n) is 4.98. The molecule has 1 aromatic carbocycles. The van der Waals surface area contributed by atoms with Gasteiger partial charge in [0, 0.05) is 18.7 Å². The molecule has 0 unspecified atom stereocenters. The Bertz CT molecular complexity index is 1170. The van der Waals surface area contributed by atoms with Gasteiger partial charge in [0.05, 0.1) is 10.6 Å². The van der Waals surface area contributed by atoms with E-state index in [0.717, 1.165) is 12.8 Å². The summed E-state index contributed by atoms with van der Waals surface area (Å²) >= 11 is 5.83. The van der Waals surface area contributed by atoms with Crippen molar-refractivity contribution in [3.8, 4) is 5.75 Å². The molecule has 5 rings (SSSR count). The van der Waals surface area contributed by atoms with E-state index < -0.39 is 28.7 Å². The smallest absolute Gasteiger partial charge is 0.296 e. The number of aromatic hydroxyl groups is 1. The monoisotopic (exact) mass is 431 g/mol. The van der Waals surface area contributed by atoms with Crippen LogP contribution in [0.4, 0.5) is 4.39 Å². The number of amides is 2. The Morgan fingerprint density at radius 1 is 1.20 bits per heavy atom. The summed E-state index contributed by atoms with van der Waals surface area (Å²) in [5.41, 5.74) is -0.418. The molecule has 1 saturated carbocycles. The van der Waals surface area contributed by atoms with Gasteiger partial charge in [-0.15, -0.1) is 0 Å². The van der Waals surface area contributed by atoms with Gasteiger partial charge in [-0.1, -0.05) is 17.7 Å². The maximum Gasteiger partial charge on any atom is 0.296 e. The number of pyridine rings is 1. The summed E-state index contributed by atoms with van der Waals surface area (Å²) in [6.45, 7) is 0.442. The molecule has 2 aliphatic heterocycles. The SMILES string of the molecule is O=C1NC2(CCCC2)n2c1c1c(c(O)c2=O)C(=O)N(Cc2ccc(F)c(Cl)c2)CC1. The summed E-state index contributed by atoms with van der Waals surface area (Å²) < 4.78 is 14.8. The van der Waals surface area contributed by atoms with Crippen LogP contribution >= 0.6 is 11.6 Å². The van der Waals surface area contributed by atoms with Crippen molar-refractivity contribution in [3.05, 3.63) is 61.8 Å². The fraction of sp³-hybridized carbons (Fsp3) is 0.381. The first-order chi connectivity index (χ1) is 14.3. The van der Waals surface area contributed by atoms with Crippen LogP contribution in [0, 0.1) is 5.82 Å². The maximum absolute atomic E-state index is 13.4. The quantitative estimate of drug-likeness (QED) is 0.764. The van der Waals surface area contributed by atoms with Crippen LogP contribution < -0.4 is 10.9 Å². The number of nitrogens with one attached hydrogen (secondary N) is 1. The number of halogens is 2.